The summed E-state index contributed by atoms with van der Waals surface area (Å²) in [7, 11) is 1.43. The van der Waals surface area contributed by atoms with E-state index in [0.717, 1.165) is 0 Å². The third-order valence-electron chi connectivity index (χ3n) is 2.12. The van der Waals surface area contributed by atoms with Crippen LogP contribution < -0.4 is 10.1 Å². The first-order chi connectivity index (χ1) is 9.10. The number of carbonyl (C=O) groups excluding carboxylic acids is 1. The van der Waals surface area contributed by atoms with Crippen molar-refractivity contribution in [3.63, 3.8) is 0 Å². The average molecular weight is 299 g/mol. The van der Waals surface area contributed by atoms with Gasteiger partial charge in [0.1, 0.15) is 5.15 Å². The second-order valence-electron chi connectivity index (χ2n) is 3.37. The number of nitrogens with one attached hydrogen (secondary N) is 1. The lowest BCUT2D eigenvalue weighted by molar-refractivity contribution is 0.102. The van der Waals surface area contributed by atoms with Crippen molar-refractivity contribution in [2.75, 3.05) is 12.4 Å². The van der Waals surface area contributed by atoms with E-state index in [0.29, 0.717) is 0 Å². The van der Waals surface area contributed by atoms with Crippen molar-refractivity contribution in [2.45, 2.75) is 0 Å². The Hall–Kier alpha value is -1.92. The van der Waals surface area contributed by atoms with Gasteiger partial charge in [-0.25, -0.2) is 4.98 Å². The van der Waals surface area contributed by atoms with Crippen LogP contribution in [0.1, 0.15) is 10.4 Å². The summed E-state index contributed by atoms with van der Waals surface area (Å²) < 4.78 is 4.92. The van der Waals surface area contributed by atoms with Crippen molar-refractivity contribution < 1.29 is 9.53 Å². The molecule has 0 unspecified atom stereocenters. The summed E-state index contributed by atoms with van der Waals surface area (Å²) in [5, 5.41) is 2.86. The molecular weight excluding hydrogens is 291 g/mol. The Labute approximate surface area is 118 Å². The molecule has 2 heterocycles. The summed E-state index contributed by atoms with van der Waals surface area (Å²) >= 11 is 11.6. The molecule has 0 fully saturated rings. The highest BCUT2D eigenvalue weighted by Crippen LogP contribution is 2.18. The van der Waals surface area contributed by atoms with Gasteiger partial charge in [0.2, 0.25) is 11.8 Å². The lowest BCUT2D eigenvalue weighted by Crippen LogP contribution is -2.15. The SMILES string of the molecule is COc1cc(Cl)nc(NC(=O)c2ccncc2Cl)n1. The minimum absolute atomic E-state index is 0.0298. The van der Waals surface area contributed by atoms with Crippen LogP contribution in [0.15, 0.2) is 24.5 Å². The molecule has 0 aromatic carbocycles. The van der Waals surface area contributed by atoms with E-state index >= 15 is 0 Å². The van der Waals surface area contributed by atoms with Gasteiger partial charge in [0.15, 0.2) is 0 Å². The molecule has 2 rings (SSSR count). The number of carbonyl (C=O) groups is 1. The van der Waals surface area contributed by atoms with E-state index in [1.807, 2.05) is 0 Å². The molecule has 1 N–H and O–H groups in total. The van der Waals surface area contributed by atoms with Gasteiger partial charge in [0.25, 0.3) is 5.91 Å². The van der Waals surface area contributed by atoms with Crippen LogP contribution in [0.3, 0.4) is 0 Å². The number of hydrogen-bond acceptors (Lipinski definition) is 5. The fourth-order valence-electron chi connectivity index (χ4n) is 1.29. The summed E-state index contributed by atoms with van der Waals surface area (Å²) in [6, 6.07) is 2.91. The normalized spacial score (nSPS) is 10.1. The molecule has 0 aliphatic heterocycles. The van der Waals surface area contributed by atoms with Gasteiger partial charge in [-0.3, -0.25) is 15.1 Å². The Morgan fingerprint density at radius 1 is 1.37 bits per heavy atom. The van der Waals surface area contributed by atoms with Crippen LogP contribution in [0, 0.1) is 0 Å². The number of anilines is 1. The largest absolute Gasteiger partial charge is 0.481 e. The molecule has 98 valence electrons. The van der Waals surface area contributed by atoms with E-state index in [-0.39, 0.29) is 27.6 Å². The Morgan fingerprint density at radius 2 is 2.16 bits per heavy atom. The number of aromatic nitrogens is 3. The fourth-order valence-corrected chi connectivity index (χ4v) is 1.66. The minimum atomic E-state index is -0.461. The predicted octanol–water partition coefficient (Wildman–Crippen LogP) is 2.44. The minimum Gasteiger partial charge on any atom is -0.481 e. The number of methoxy groups -OCH3 is 1. The van der Waals surface area contributed by atoms with E-state index in [2.05, 4.69) is 20.3 Å². The molecule has 0 aliphatic rings. The maximum atomic E-state index is 12.0. The Morgan fingerprint density at radius 3 is 2.84 bits per heavy atom. The van der Waals surface area contributed by atoms with E-state index < -0.39 is 5.91 Å². The van der Waals surface area contributed by atoms with Crippen molar-refractivity contribution >= 4 is 35.1 Å². The monoisotopic (exact) mass is 298 g/mol. The molecule has 19 heavy (non-hydrogen) atoms. The Kier molecular flexibility index (Phi) is 4.13. The van der Waals surface area contributed by atoms with Crippen molar-refractivity contribution in [1.82, 2.24) is 15.0 Å². The summed E-state index contributed by atoms with van der Waals surface area (Å²) in [6.45, 7) is 0. The Balaban J connectivity index is 2.24. The van der Waals surface area contributed by atoms with Gasteiger partial charge in [-0.2, -0.15) is 4.98 Å². The zero-order valence-corrected chi connectivity index (χ0v) is 11.2. The van der Waals surface area contributed by atoms with E-state index in [1.165, 1.54) is 31.6 Å². The second-order valence-corrected chi connectivity index (χ2v) is 4.16. The molecule has 0 spiro atoms. The van der Waals surface area contributed by atoms with Gasteiger partial charge in [0.05, 0.1) is 17.7 Å². The van der Waals surface area contributed by atoms with Gasteiger partial charge in [-0.15, -0.1) is 0 Å². The average Bonchev–Trinajstić information content (AvgIpc) is 2.38. The molecule has 0 aliphatic carbocycles. The van der Waals surface area contributed by atoms with Crippen molar-refractivity contribution in [1.29, 1.82) is 0 Å². The molecule has 1 amide bonds. The molecule has 8 heteroatoms. The van der Waals surface area contributed by atoms with Crippen molar-refractivity contribution in [3.05, 3.63) is 40.3 Å². The fraction of sp³-hybridized carbons (Fsp3) is 0.0909. The number of halogens is 2. The van der Waals surface area contributed by atoms with Gasteiger partial charge in [-0.05, 0) is 6.07 Å². The molecular formula is C11H8Cl2N4O2. The summed E-state index contributed by atoms with van der Waals surface area (Å²) in [5.41, 5.74) is 0.263. The highest BCUT2D eigenvalue weighted by atomic mass is 35.5. The molecule has 0 saturated carbocycles. The van der Waals surface area contributed by atoms with E-state index in [9.17, 15) is 4.79 Å². The predicted molar refractivity (Wildman–Crippen MR) is 70.8 cm³/mol. The highest BCUT2D eigenvalue weighted by Gasteiger charge is 2.12. The van der Waals surface area contributed by atoms with Crippen LogP contribution in [0.4, 0.5) is 5.95 Å². The second kappa shape index (κ2) is 5.81. The summed E-state index contributed by atoms with van der Waals surface area (Å²) in [6.07, 6.45) is 2.83. The maximum absolute atomic E-state index is 12.0. The Bertz CT molecular complexity index is 621. The zero-order chi connectivity index (χ0) is 13.8. The van der Waals surface area contributed by atoms with Crippen LogP contribution in [-0.2, 0) is 0 Å². The molecule has 2 aromatic heterocycles. The number of ether oxygens (including phenoxy) is 1. The lowest BCUT2D eigenvalue weighted by Gasteiger charge is -2.06. The summed E-state index contributed by atoms with van der Waals surface area (Å²) in [4.78, 5) is 23.5. The van der Waals surface area contributed by atoms with E-state index in [1.54, 1.807) is 0 Å². The first-order valence-electron chi connectivity index (χ1n) is 5.09. The molecule has 6 nitrogen and oxygen atoms in total. The lowest BCUT2D eigenvalue weighted by atomic mass is 10.2. The zero-order valence-electron chi connectivity index (χ0n) is 9.72. The van der Waals surface area contributed by atoms with Crippen LogP contribution in [0.25, 0.3) is 0 Å². The topological polar surface area (TPSA) is 77.0 Å². The van der Waals surface area contributed by atoms with Crippen molar-refractivity contribution in [3.8, 4) is 5.88 Å². The molecule has 2 aromatic rings. The third-order valence-corrected chi connectivity index (χ3v) is 2.62. The molecule has 0 bridgehead atoms. The third kappa shape index (κ3) is 3.30. The number of hydrogen-bond donors (Lipinski definition) is 1. The van der Waals surface area contributed by atoms with Crippen LogP contribution in [-0.4, -0.2) is 28.0 Å². The van der Waals surface area contributed by atoms with Gasteiger partial charge >= 0.3 is 0 Å². The highest BCUT2D eigenvalue weighted by molar-refractivity contribution is 6.34. The van der Waals surface area contributed by atoms with Crippen LogP contribution in [0.5, 0.6) is 5.88 Å². The van der Waals surface area contributed by atoms with E-state index in [4.69, 9.17) is 27.9 Å². The van der Waals surface area contributed by atoms with Crippen LogP contribution >= 0.6 is 23.2 Å². The first kappa shape index (κ1) is 13.5. The molecule has 0 atom stereocenters. The summed E-state index contributed by atoms with van der Waals surface area (Å²) in [5.74, 6) is -0.185. The molecule has 0 saturated heterocycles. The number of pyridine rings is 1. The van der Waals surface area contributed by atoms with Gasteiger partial charge in [-0.1, -0.05) is 23.2 Å². The van der Waals surface area contributed by atoms with Crippen molar-refractivity contribution in [2.24, 2.45) is 0 Å². The van der Waals surface area contributed by atoms with Gasteiger partial charge in [0, 0.05) is 18.5 Å². The maximum Gasteiger partial charge on any atom is 0.259 e. The smallest absolute Gasteiger partial charge is 0.259 e. The first-order valence-corrected chi connectivity index (χ1v) is 5.85. The molecule has 0 radical (unpaired) electrons. The number of nitrogens with zero attached hydrogens (tertiary/aromatic N) is 3. The quantitative estimate of drug-likeness (QED) is 0.881. The van der Waals surface area contributed by atoms with Crippen LogP contribution in [0.2, 0.25) is 10.2 Å². The number of amides is 1. The standard InChI is InChI=1S/C11H8Cl2N4O2/c1-19-9-4-8(13)15-11(16-9)17-10(18)6-2-3-14-5-7(6)12/h2-5H,1H3,(H,15,16,17,18). The number of rotatable bonds is 3. The van der Waals surface area contributed by atoms with Gasteiger partial charge < -0.3 is 4.74 Å².